The van der Waals surface area contributed by atoms with Crippen molar-refractivity contribution in [2.75, 3.05) is 32.8 Å². The van der Waals surface area contributed by atoms with Gasteiger partial charge in [-0.05, 0) is 18.6 Å². The summed E-state index contributed by atoms with van der Waals surface area (Å²) in [4.78, 5) is 18.6. The van der Waals surface area contributed by atoms with E-state index in [0.29, 0.717) is 31.1 Å². The predicted molar refractivity (Wildman–Crippen MR) is 113 cm³/mol. The number of anilines is 1. The van der Waals surface area contributed by atoms with Gasteiger partial charge in [-0.15, -0.1) is 0 Å². The Balaban J connectivity index is 1.58. The van der Waals surface area contributed by atoms with Crippen molar-refractivity contribution in [2.45, 2.75) is 31.6 Å². The van der Waals surface area contributed by atoms with Crippen LogP contribution in [0.4, 0.5) is 10.2 Å². The van der Waals surface area contributed by atoms with Crippen LogP contribution in [0.25, 0.3) is 0 Å². The van der Waals surface area contributed by atoms with Crippen LogP contribution in [-0.4, -0.2) is 55.3 Å². The first-order chi connectivity index (χ1) is 14.9. The minimum absolute atomic E-state index is 0.00257. The number of halogens is 2. The van der Waals surface area contributed by atoms with E-state index in [1.165, 1.54) is 12.0 Å². The van der Waals surface area contributed by atoms with Gasteiger partial charge in [0.1, 0.15) is 16.7 Å². The molecule has 10 heteroatoms. The average molecular weight is 451 g/mol. The summed E-state index contributed by atoms with van der Waals surface area (Å²) in [5.41, 5.74) is 7.13. The van der Waals surface area contributed by atoms with Gasteiger partial charge in [0.2, 0.25) is 0 Å². The molecular formula is C21H24ClFN4O4. The summed E-state index contributed by atoms with van der Waals surface area (Å²) in [5, 5.41) is 3.01. The number of methoxy groups -OCH3 is 2. The summed E-state index contributed by atoms with van der Waals surface area (Å²) >= 11 is 6.30. The number of amides is 1. The van der Waals surface area contributed by atoms with Crippen LogP contribution in [0, 0.1) is 5.82 Å². The zero-order valence-corrected chi connectivity index (χ0v) is 18.0. The molecule has 0 spiro atoms. The number of benzene rings is 1. The van der Waals surface area contributed by atoms with E-state index < -0.39 is 5.82 Å². The topological polar surface area (TPSA) is 98.9 Å². The van der Waals surface area contributed by atoms with Crippen LogP contribution in [-0.2, 0) is 17.8 Å². The molecule has 1 saturated heterocycles. The maximum Gasteiger partial charge on any atom is 0.258 e. The average Bonchev–Trinajstić information content (AvgIpc) is 3.10. The fourth-order valence-electron chi connectivity index (χ4n) is 3.89. The van der Waals surface area contributed by atoms with Gasteiger partial charge in [0, 0.05) is 42.4 Å². The maximum atomic E-state index is 15.3. The molecule has 3 N–H and O–H groups in total. The molecule has 0 aliphatic carbocycles. The van der Waals surface area contributed by atoms with Gasteiger partial charge >= 0.3 is 0 Å². The molecule has 1 aromatic carbocycles. The van der Waals surface area contributed by atoms with E-state index >= 15 is 4.39 Å². The molecule has 0 saturated carbocycles. The minimum Gasteiger partial charge on any atom is -0.497 e. The molecule has 2 atom stereocenters. The molecule has 0 radical (unpaired) electrons. The van der Waals surface area contributed by atoms with Gasteiger partial charge < -0.3 is 30.2 Å². The second-order valence-corrected chi connectivity index (χ2v) is 7.89. The van der Waals surface area contributed by atoms with Crippen molar-refractivity contribution < 1.29 is 23.4 Å². The number of carbonyl (C=O) groups excluding carboxylic acids is 1. The molecule has 1 amide bonds. The zero-order chi connectivity index (χ0) is 22.1. The summed E-state index contributed by atoms with van der Waals surface area (Å²) < 4.78 is 31.2. The molecular weight excluding hydrogens is 427 g/mol. The van der Waals surface area contributed by atoms with E-state index in [2.05, 4.69) is 10.3 Å². The number of rotatable bonds is 6. The third kappa shape index (κ3) is 4.13. The third-order valence-electron chi connectivity index (χ3n) is 5.62. The number of nitrogens with zero attached hydrogens (tertiary/aromatic N) is 2. The normalized spacial score (nSPS) is 20.5. The highest BCUT2D eigenvalue weighted by Crippen LogP contribution is 2.36. The number of nitrogens with two attached hydrogens (primary N) is 1. The lowest BCUT2D eigenvalue weighted by molar-refractivity contribution is 0.0750. The Hall–Kier alpha value is -2.62. The van der Waals surface area contributed by atoms with Crippen molar-refractivity contribution in [3.8, 4) is 11.5 Å². The van der Waals surface area contributed by atoms with E-state index in [9.17, 15) is 4.79 Å². The molecule has 31 heavy (non-hydrogen) atoms. The molecule has 1 fully saturated rings. The minimum atomic E-state index is -0.587. The highest BCUT2D eigenvalue weighted by molar-refractivity contribution is 6.33. The number of carbonyl (C=O) groups is 1. The van der Waals surface area contributed by atoms with Gasteiger partial charge in [-0.2, -0.15) is 0 Å². The first-order valence-corrected chi connectivity index (χ1v) is 10.3. The first kappa shape index (κ1) is 21.6. The summed E-state index contributed by atoms with van der Waals surface area (Å²) in [7, 11) is 3.10. The lowest BCUT2D eigenvalue weighted by Crippen LogP contribution is -2.47. The Morgan fingerprint density at radius 1 is 1.39 bits per heavy atom. The number of nitrogens with one attached hydrogen (secondary N) is 1. The quantitative estimate of drug-likeness (QED) is 0.652. The van der Waals surface area contributed by atoms with Crippen molar-refractivity contribution in [1.82, 2.24) is 9.88 Å². The second kappa shape index (κ2) is 8.86. The van der Waals surface area contributed by atoms with Gasteiger partial charge in [0.15, 0.2) is 11.6 Å². The number of hydrogen-bond acceptors (Lipinski definition) is 7. The Morgan fingerprint density at radius 3 is 2.90 bits per heavy atom. The monoisotopic (exact) mass is 450 g/mol. The maximum absolute atomic E-state index is 15.3. The second-order valence-electron chi connectivity index (χ2n) is 7.54. The van der Waals surface area contributed by atoms with Crippen LogP contribution >= 0.6 is 11.6 Å². The van der Waals surface area contributed by atoms with Gasteiger partial charge in [0.25, 0.3) is 5.91 Å². The lowest BCUT2D eigenvalue weighted by Gasteiger charge is -2.30. The fourth-order valence-corrected chi connectivity index (χ4v) is 4.17. The van der Waals surface area contributed by atoms with Crippen LogP contribution in [0.15, 0.2) is 18.2 Å². The molecule has 2 aliphatic rings. The van der Waals surface area contributed by atoms with E-state index in [-0.39, 0.29) is 53.2 Å². The van der Waals surface area contributed by atoms with Crippen LogP contribution in [0.5, 0.6) is 11.5 Å². The van der Waals surface area contributed by atoms with Crippen LogP contribution in [0.1, 0.15) is 27.9 Å². The number of fused-ring (bicyclic) bond motifs is 1. The van der Waals surface area contributed by atoms with Crippen LogP contribution < -0.4 is 20.5 Å². The van der Waals surface area contributed by atoms with Crippen molar-refractivity contribution >= 4 is 23.3 Å². The summed E-state index contributed by atoms with van der Waals surface area (Å²) in [5.74, 6) is 0.248. The predicted octanol–water partition coefficient (Wildman–Crippen LogP) is 2.58. The molecule has 8 nitrogen and oxygen atoms in total. The summed E-state index contributed by atoms with van der Waals surface area (Å²) in [6, 6.07) is 4.84. The fraction of sp³-hybridized carbons (Fsp3) is 0.429. The molecule has 1 aromatic heterocycles. The van der Waals surface area contributed by atoms with Crippen molar-refractivity contribution in [3.63, 3.8) is 0 Å². The molecule has 0 unspecified atom stereocenters. The molecule has 2 aliphatic heterocycles. The van der Waals surface area contributed by atoms with Gasteiger partial charge in [-0.25, -0.2) is 9.37 Å². The molecule has 2 aromatic rings. The van der Waals surface area contributed by atoms with E-state index in [0.717, 1.165) is 5.56 Å². The SMILES string of the molecule is COc1ccc(CN2Cc3c(F)c(N[C@@H]4CCOC[C@@H]4N)nc(Cl)c3C2=O)c(OC)c1. The van der Waals surface area contributed by atoms with E-state index in [1.54, 1.807) is 19.2 Å². The Kier molecular flexibility index (Phi) is 6.17. The van der Waals surface area contributed by atoms with Crippen molar-refractivity contribution in [1.29, 1.82) is 0 Å². The smallest absolute Gasteiger partial charge is 0.258 e. The largest absolute Gasteiger partial charge is 0.497 e. The van der Waals surface area contributed by atoms with Gasteiger partial charge in [-0.1, -0.05) is 11.6 Å². The molecule has 3 heterocycles. The molecule has 0 bridgehead atoms. The van der Waals surface area contributed by atoms with Gasteiger partial charge in [-0.3, -0.25) is 4.79 Å². The number of aromatic nitrogens is 1. The molecule has 166 valence electrons. The highest BCUT2D eigenvalue weighted by Gasteiger charge is 2.36. The van der Waals surface area contributed by atoms with Crippen molar-refractivity contribution in [2.24, 2.45) is 5.73 Å². The Bertz CT molecular complexity index is 1010. The standard InChI is InChI=1S/C21H24ClFN4O4/c1-29-12-4-3-11(16(7-12)30-2)8-27-9-13-17(21(27)28)19(22)26-20(18(13)23)25-15-5-6-31-10-14(15)24/h3-4,7,14-15H,5-6,8-10,24H2,1-2H3,(H,25,26)/t14-,15+/m0/s1. The Labute approximate surface area is 184 Å². The third-order valence-corrected chi connectivity index (χ3v) is 5.89. The van der Waals surface area contributed by atoms with Crippen molar-refractivity contribution in [3.05, 3.63) is 45.9 Å². The summed E-state index contributed by atoms with van der Waals surface area (Å²) in [6.07, 6.45) is 0.624. The first-order valence-electron chi connectivity index (χ1n) is 9.90. The van der Waals surface area contributed by atoms with E-state index in [1.807, 2.05) is 6.07 Å². The van der Waals surface area contributed by atoms with E-state index in [4.69, 9.17) is 31.5 Å². The number of pyridine rings is 1. The highest BCUT2D eigenvalue weighted by atomic mass is 35.5. The summed E-state index contributed by atoms with van der Waals surface area (Å²) in [6.45, 7) is 1.21. The zero-order valence-electron chi connectivity index (χ0n) is 17.3. The Morgan fingerprint density at radius 2 is 2.19 bits per heavy atom. The number of hydrogen-bond donors (Lipinski definition) is 2. The van der Waals surface area contributed by atoms with Crippen LogP contribution in [0.3, 0.4) is 0 Å². The van der Waals surface area contributed by atoms with Gasteiger partial charge in [0.05, 0.1) is 32.9 Å². The molecule has 4 rings (SSSR count). The lowest BCUT2D eigenvalue weighted by atomic mass is 10.0. The van der Waals surface area contributed by atoms with Crippen LogP contribution in [0.2, 0.25) is 5.15 Å². The number of ether oxygens (including phenoxy) is 3.